The molecule has 104 valence electrons. The molecule has 1 aromatic carbocycles. The summed E-state index contributed by atoms with van der Waals surface area (Å²) in [5, 5.41) is 2.64. The molecular formula is C15H21FN2O. The van der Waals surface area contributed by atoms with Crippen molar-refractivity contribution in [3.8, 4) is 0 Å². The lowest BCUT2D eigenvalue weighted by molar-refractivity contribution is -0.121. The molecule has 1 fully saturated rings. The summed E-state index contributed by atoms with van der Waals surface area (Å²) < 4.78 is 13.4. The second-order valence-corrected chi connectivity index (χ2v) is 5.22. The van der Waals surface area contributed by atoms with Crippen LogP contribution in [0, 0.1) is 11.7 Å². The monoisotopic (exact) mass is 264 g/mol. The molecule has 0 aliphatic carbocycles. The van der Waals surface area contributed by atoms with Crippen LogP contribution in [-0.4, -0.2) is 30.9 Å². The van der Waals surface area contributed by atoms with E-state index in [0.717, 1.165) is 25.1 Å². The van der Waals surface area contributed by atoms with Crippen LogP contribution in [0.1, 0.15) is 31.4 Å². The molecule has 1 aliphatic rings. The van der Waals surface area contributed by atoms with Crippen molar-refractivity contribution < 1.29 is 9.18 Å². The Morgan fingerprint density at radius 2 is 2.32 bits per heavy atom. The van der Waals surface area contributed by atoms with Crippen molar-refractivity contribution in [2.75, 3.05) is 20.1 Å². The first-order valence-corrected chi connectivity index (χ1v) is 6.82. The summed E-state index contributed by atoms with van der Waals surface area (Å²) in [4.78, 5) is 13.6. The topological polar surface area (TPSA) is 32.3 Å². The molecule has 0 unspecified atom stereocenters. The number of hydrogen-bond acceptors (Lipinski definition) is 2. The Morgan fingerprint density at radius 1 is 1.53 bits per heavy atom. The SMILES string of the molecule is CNC(=O)CCN1CC[C@H](C)[C@H]1c1cccc(F)c1. The highest BCUT2D eigenvalue weighted by Crippen LogP contribution is 2.36. The maximum atomic E-state index is 13.4. The smallest absolute Gasteiger partial charge is 0.221 e. The van der Waals surface area contributed by atoms with Gasteiger partial charge in [0.05, 0.1) is 0 Å². The molecule has 1 heterocycles. The molecule has 0 aromatic heterocycles. The molecular weight excluding hydrogens is 243 g/mol. The van der Waals surface area contributed by atoms with Crippen molar-refractivity contribution in [1.29, 1.82) is 0 Å². The molecule has 0 radical (unpaired) electrons. The summed E-state index contributed by atoms with van der Waals surface area (Å²) >= 11 is 0. The fourth-order valence-electron chi connectivity index (χ4n) is 2.88. The van der Waals surface area contributed by atoms with Crippen molar-refractivity contribution in [3.63, 3.8) is 0 Å². The number of hydrogen-bond donors (Lipinski definition) is 1. The van der Waals surface area contributed by atoms with Gasteiger partial charge < -0.3 is 5.32 Å². The molecule has 1 aromatic rings. The maximum Gasteiger partial charge on any atom is 0.221 e. The van der Waals surface area contributed by atoms with E-state index in [1.54, 1.807) is 19.2 Å². The number of nitrogens with one attached hydrogen (secondary N) is 1. The molecule has 2 atom stereocenters. The molecule has 1 N–H and O–H groups in total. The Morgan fingerprint density at radius 3 is 3.00 bits per heavy atom. The molecule has 2 rings (SSSR count). The van der Waals surface area contributed by atoms with Crippen LogP contribution in [0.15, 0.2) is 24.3 Å². The van der Waals surface area contributed by atoms with Gasteiger partial charge in [-0.25, -0.2) is 4.39 Å². The van der Waals surface area contributed by atoms with Gasteiger partial charge in [0.15, 0.2) is 0 Å². The quantitative estimate of drug-likeness (QED) is 0.905. The van der Waals surface area contributed by atoms with Crippen LogP contribution in [0.4, 0.5) is 4.39 Å². The number of halogens is 1. The van der Waals surface area contributed by atoms with E-state index in [9.17, 15) is 9.18 Å². The highest BCUT2D eigenvalue weighted by molar-refractivity contribution is 5.75. The lowest BCUT2D eigenvalue weighted by Crippen LogP contribution is -2.30. The number of carbonyl (C=O) groups is 1. The predicted molar refractivity (Wildman–Crippen MR) is 73.2 cm³/mol. The summed E-state index contributed by atoms with van der Waals surface area (Å²) in [7, 11) is 1.65. The molecule has 1 aliphatic heterocycles. The van der Waals surface area contributed by atoms with Crippen LogP contribution in [0.5, 0.6) is 0 Å². The summed E-state index contributed by atoms with van der Waals surface area (Å²) in [6.45, 7) is 3.89. The van der Waals surface area contributed by atoms with Crippen LogP contribution in [0.25, 0.3) is 0 Å². The van der Waals surface area contributed by atoms with E-state index >= 15 is 0 Å². The van der Waals surface area contributed by atoms with Crippen LogP contribution in [0.3, 0.4) is 0 Å². The van der Waals surface area contributed by atoms with E-state index in [0.29, 0.717) is 12.3 Å². The van der Waals surface area contributed by atoms with Gasteiger partial charge in [-0.2, -0.15) is 0 Å². The number of likely N-dealkylation sites (tertiary alicyclic amines) is 1. The summed E-state index contributed by atoms with van der Waals surface area (Å²) in [5.74, 6) is 0.354. The average molecular weight is 264 g/mol. The van der Waals surface area contributed by atoms with Gasteiger partial charge in [0.25, 0.3) is 0 Å². The van der Waals surface area contributed by atoms with Crippen molar-refractivity contribution in [1.82, 2.24) is 10.2 Å². The van der Waals surface area contributed by atoms with Crippen LogP contribution < -0.4 is 5.32 Å². The highest BCUT2D eigenvalue weighted by atomic mass is 19.1. The third-order valence-electron chi connectivity index (χ3n) is 3.90. The van der Waals surface area contributed by atoms with Crippen LogP contribution in [0.2, 0.25) is 0 Å². The van der Waals surface area contributed by atoms with Gasteiger partial charge in [-0.05, 0) is 36.6 Å². The predicted octanol–water partition coefficient (Wildman–Crippen LogP) is 2.34. The van der Waals surface area contributed by atoms with Gasteiger partial charge in [-0.3, -0.25) is 9.69 Å². The third kappa shape index (κ3) is 3.32. The minimum Gasteiger partial charge on any atom is -0.359 e. The fraction of sp³-hybridized carbons (Fsp3) is 0.533. The van der Waals surface area contributed by atoms with Crippen molar-refractivity contribution in [2.45, 2.75) is 25.8 Å². The molecule has 1 saturated heterocycles. The largest absolute Gasteiger partial charge is 0.359 e. The Labute approximate surface area is 113 Å². The lowest BCUT2D eigenvalue weighted by atomic mass is 9.95. The third-order valence-corrected chi connectivity index (χ3v) is 3.90. The van der Waals surface area contributed by atoms with Gasteiger partial charge >= 0.3 is 0 Å². The minimum atomic E-state index is -0.192. The number of benzene rings is 1. The van der Waals surface area contributed by atoms with Crippen LogP contribution in [-0.2, 0) is 4.79 Å². The first kappa shape index (κ1) is 14.0. The van der Waals surface area contributed by atoms with E-state index < -0.39 is 0 Å². The van der Waals surface area contributed by atoms with Gasteiger partial charge in [-0.1, -0.05) is 19.1 Å². The molecule has 19 heavy (non-hydrogen) atoms. The fourth-order valence-corrected chi connectivity index (χ4v) is 2.88. The molecule has 0 bridgehead atoms. The number of nitrogens with zero attached hydrogens (tertiary/aromatic N) is 1. The van der Waals surface area contributed by atoms with E-state index in [1.807, 2.05) is 6.07 Å². The Kier molecular flexibility index (Phi) is 4.53. The number of amides is 1. The average Bonchev–Trinajstić information content (AvgIpc) is 2.77. The second-order valence-electron chi connectivity index (χ2n) is 5.22. The second kappa shape index (κ2) is 6.15. The van der Waals surface area contributed by atoms with Gasteiger partial charge in [0, 0.05) is 26.1 Å². The van der Waals surface area contributed by atoms with Gasteiger partial charge in [0.2, 0.25) is 5.91 Å². The first-order chi connectivity index (χ1) is 9.11. The van der Waals surface area contributed by atoms with Gasteiger partial charge in [-0.15, -0.1) is 0 Å². The molecule has 0 saturated carbocycles. The summed E-state index contributed by atoms with van der Waals surface area (Å²) in [6.07, 6.45) is 1.59. The first-order valence-electron chi connectivity index (χ1n) is 6.82. The van der Waals surface area contributed by atoms with Crippen molar-refractivity contribution in [2.24, 2.45) is 5.92 Å². The number of carbonyl (C=O) groups excluding carboxylic acids is 1. The number of rotatable bonds is 4. The zero-order chi connectivity index (χ0) is 13.8. The standard InChI is InChI=1S/C15H21FN2O/c1-11-6-8-18(9-7-14(19)17-2)15(11)12-4-3-5-13(16)10-12/h3-5,10-11,15H,6-9H2,1-2H3,(H,17,19)/t11-,15-/m0/s1. The molecule has 4 heteroatoms. The summed E-state index contributed by atoms with van der Waals surface area (Å²) in [5.41, 5.74) is 1.02. The van der Waals surface area contributed by atoms with E-state index in [-0.39, 0.29) is 17.8 Å². The zero-order valence-corrected chi connectivity index (χ0v) is 11.5. The molecule has 1 amide bonds. The van der Waals surface area contributed by atoms with Crippen LogP contribution >= 0.6 is 0 Å². The normalized spacial score (nSPS) is 23.5. The summed E-state index contributed by atoms with van der Waals surface area (Å²) in [6, 6.07) is 7.03. The van der Waals surface area contributed by atoms with Gasteiger partial charge in [0.1, 0.15) is 5.82 Å². The Balaban J connectivity index is 2.09. The van der Waals surface area contributed by atoms with Crippen molar-refractivity contribution >= 4 is 5.91 Å². The Hall–Kier alpha value is -1.42. The molecule has 3 nitrogen and oxygen atoms in total. The minimum absolute atomic E-state index is 0.0533. The maximum absolute atomic E-state index is 13.4. The van der Waals surface area contributed by atoms with E-state index in [1.165, 1.54) is 6.07 Å². The zero-order valence-electron chi connectivity index (χ0n) is 11.5. The van der Waals surface area contributed by atoms with E-state index in [4.69, 9.17) is 0 Å². The van der Waals surface area contributed by atoms with E-state index in [2.05, 4.69) is 17.1 Å². The lowest BCUT2D eigenvalue weighted by Gasteiger charge is -2.27. The highest BCUT2D eigenvalue weighted by Gasteiger charge is 2.32. The Bertz CT molecular complexity index is 450. The molecule has 0 spiro atoms. The van der Waals surface area contributed by atoms with Crippen molar-refractivity contribution in [3.05, 3.63) is 35.6 Å².